The van der Waals surface area contributed by atoms with E-state index in [0.717, 1.165) is 10.7 Å². The SMILES string of the molecule is Cc1csc(-c2nc(CP(=O)(O)O)cs2)n1. The van der Waals surface area contributed by atoms with E-state index in [2.05, 4.69) is 9.97 Å². The van der Waals surface area contributed by atoms with Crippen LogP contribution in [0.1, 0.15) is 11.4 Å². The molecule has 2 aromatic heterocycles. The molecule has 0 aliphatic heterocycles. The molecule has 0 aliphatic carbocycles. The summed E-state index contributed by atoms with van der Waals surface area (Å²) >= 11 is 2.83. The topological polar surface area (TPSA) is 83.3 Å². The number of nitrogens with zero attached hydrogens (tertiary/aromatic N) is 2. The van der Waals surface area contributed by atoms with Crippen LogP contribution in [0.25, 0.3) is 10.0 Å². The fourth-order valence-corrected chi connectivity index (χ4v) is 3.52. The molecule has 0 atom stereocenters. The Labute approximate surface area is 100.0 Å². The van der Waals surface area contributed by atoms with Gasteiger partial charge in [-0.25, -0.2) is 9.97 Å². The highest BCUT2D eigenvalue weighted by molar-refractivity contribution is 7.50. The molecule has 0 spiro atoms. The van der Waals surface area contributed by atoms with Gasteiger partial charge in [-0.15, -0.1) is 22.7 Å². The maximum atomic E-state index is 10.8. The summed E-state index contributed by atoms with van der Waals surface area (Å²) in [6.45, 7) is 1.89. The summed E-state index contributed by atoms with van der Waals surface area (Å²) in [7, 11) is -4.03. The van der Waals surface area contributed by atoms with Crippen molar-refractivity contribution >= 4 is 30.3 Å². The maximum Gasteiger partial charge on any atom is 0.331 e. The smallest absolute Gasteiger partial charge is 0.324 e. The molecule has 2 aromatic rings. The number of hydrogen-bond donors (Lipinski definition) is 2. The Balaban J connectivity index is 2.23. The van der Waals surface area contributed by atoms with Crippen molar-refractivity contribution in [2.45, 2.75) is 13.1 Å². The van der Waals surface area contributed by atoms with Gasteiger partial charge in [-0.2, -0.15) is 0 Å². The normalized spacial score (nSPS) is 11.9. The second-order valence-electron chi connectivity index (χ2n) is 3.26. The average molecular weight is 276 g/mol. The molecule has 0 unspecified atom stereocenters. The molecule has 5 nitrogen and oxygen atoms in total. The van der Waals surface area contributed by atoms with Gasteiger partial charge in [0.25, 0.3) is 0 Å². The van der Waals surface area contributed by atoms with Crippen molar-refractivity contribution < 1.29 is 14.4 Å². The Bertz CT molecular complexity index is 545. The lowest BCUT2D eigenvalue weighted by Gasteiger charge is -1.98. The van der Waals surface area contributed by atoms with E-state index in [1.165, 1.54) is 22.7 Å². The highest BCUT2D eigenvalue weighted by Gasteiger charge is 2.17. The highest BCUT2D eigenvalue weighted by atomic mass is 32.1. The van der Waals surface area contributed by atoms with Gasteiger partial charge in [0.1, 0.15) is 0 Å². The van der Waals surface area contributed by atoms with Gasteiger partial charge < -0.3 is 9.79 Å². The first-order valence-electron chi connectivity index (χ1n) is 4.35. The Morgan fingerprint density at radius 2 is 1.88 bits per heavy atom. The van der Waals surface area contributed by atoms with E-state index in [0.29, 0.717) is 10.7 Å². The zero-order valence-electron chi connectivity index (χ0n) is 8.32. The van der Waals surface area contributed by atoms with Crippen LogP contribution >= 0.6 is 30.3 Å². The van der Waals surface area contributed by atoms with Crippen LogP contribution in [-0.4, -0.2) is 19.8 Å². The Morgan fingerprint density at radius 3 is 2.44 bits per heavy atom. The van der Waals surface area contributed by atoms with Gasteiger partial charge in [-0.05, 0) is 6.92 Å². The lowest BCUT2D eigenvalue weighted by Crippen LogP contribution is -1.87. The van der Waals surface area contributed by atoms with E-state index in [1.54, 1.807) is 5.38 Å². The van der Waals surface area contributed by atoms with Gasteiger partial charge in [-0.3, -0.25) is 4.57 Å². The Morgan fingerprint density at radius 1 is 1.25 bits per heavy atom. The Hall–Kier alpha value is -0.590. The minimum atomic E-state index is -4.03. The highest BCUT2D eigenvalue weighted by Crippen LogP contribution is 2.40. The number of rotatable bonds is 3. The quantitative estimate of drug-likeness (QED) is 0.840. The summed E-state index contributed by atoms with van der Waals surface area (Å²) in [5.74, 6) is 0. The van der Waals surface area contributed by atoms with Crippen molar-refractivity contribution in [3.63, 3.8) is 0 Å². The minimum Gasteiger partial charge on any atom is -0.324 e. The molecule has 0 saturated carbocycles. The number of hydrogen-bond acceptors (Lipinski definition) is 5. The first-order valence-corrected chi connectivity index (χ1v) is 7.91. The standard InChI is InChI=1S/C8H9N2O3PS2/c1-5-3-15-7(9-5)8-10-6(4-16-8)2-14(11,12)13/h3-4H,2H2,1H3,(H2,11,12,13). The molecule has 0 aliphatic rings. The first-order chi connectivity index (χ1) is 7.44. The predicted molar refractivity (Wildman–Crippen MR) is 63.7 cm³/mol. The second-order valence-corrected chi connectivity index (χ2v) is 6.62. The van der Waals surface area contributed by atoms with Gasteiger partial charge in [-0.1, -0.05) is 0 Å². The predicted octanol–water partition coefficient (Wildman–Crippen LogP) is 2.25. The van der Waals surface area contributed by atoms with E-state index in [1.807, 2.05) is 12.3 Å². The van der Waals surface area contributed by atoms with E-state index in [4.69, 9.17) is 9.79 Å². The molecule has 0 bridgehead atoms. The van der Waals surface area contributed by atoms with E-state index >= 15 is 0 Å². The van der Waals surface area contributed by atoms with Gasteiger partial charge in [0.15, 0.2) is 10.0 Å². The molecular weight excluding hydrogens is 267 g/mol. The molecule has 2 N–H and O–H groups in total. The van der Waals surface area contributed by atoms with Gasteiger partial charge in [0.05, 0.1) is 11.9 Å². The van der Waals surface area contributed by atoms with E-state index in [-0.39, 0.29) is 6.16 Å². The third-order valence-electron chi connectivity index (χ3n) is 1.72. The number of aryl methyl sites for hydroxylation is 1. The largest absolute Gasteiger partial charge is 0.331 e. The molecule has 86 valence electrons. The molecule has 0 saturated heterocycles. The third-order valence-corrected chi connectivity index (χ3v) is 4.45. The van der Waals surface area contributed by atoms with Crippen LogP contribution in [0, 0.1) is 6.92 Å². The van der Waals surface area contributed by atoms with Crippen molar-refractivity contribution in [3.8, 4) is 10.0 Å². The van der Waals surface area contributed by atoms with Crippen LogP contribution in [0.15, 0.2) is 10.8 Å². The fraction of sp³-hybridized carbons (Fsp3) is 0.250. The molecular formula is C8H9N2O3PS2. The lowest BCUT2D eigenvalue weighted by atomic mass is 10.5. The van der Waals surface area contributed by atoms with Crippen LogP contribution in [0.5, 0.6) is 0 Å². The van der Waals surface area contributed by atoms with Crippen LogP contribution in [0.2, 0.25) is 0 Å². The van der Waals surface area contributed by atoms with Crippen LogP contribution in [0.3, 0.4) is 0 Å². The summed E-state index contributed by atoms with van der Waals surface area (Å²) in [6, 6.07) is 0. The monoisotopic (exact) mass is 276 g/mol. The zero-order valence-corrected chi connectivity index (χ0v) is 10.9. The van der Waals surface area contributed by atoms with Crippen LogP contribution in [-0.2, 0) is 10.7 Å². The summed E-state index contributed by atoms with van der Waals surface area (Å²) in [5, 5.41) is 5.07. The lowest BCUT2D eigenvalue weighted by molar-refractivity contribution is 0.371. The van der Waals surface area contributed by atoms with Crippen molar-refractivity contribution in [1.29, 1.82) is 0 Å². The second kappa shape index (κ2) is 4.35. The average Bonchev–Trinajstić information content (AvgIpc) is 2.71. The molecule has 8 heteroatoms. The summed E-state index contributed by atoms with van der Waals surface area (Å²) in [4.78, 5) is 26.1. The molecule has 0 aromatic carbocycles. The van der Waals surface area contributed by atoms with Crippen LogP contribution in [0.4, 0.5) is 0 Å². The molecule has 0 radical (unpaired) electrons. The van der Waals surface area contributed by atoms with Crippen molar-refractivity contribution in [3.05, 3.63) is 22.1 Å². The maximum absolute atomic E-state index is 10.8. The van der Waals surface area contributed by atoms with Crippen molar-refractivity contribution in [1.82, 2.24) is 9.97 Å². The van der Waals surface area contributed by atoms with Crippen molar-refractivity contribution in [2.75, 3.05) is 0 Å². The Kier molecular flexibility index (Phi) is 3.23. The first kappa shape index (κ1) is 11.9. The zero-order chi connectivity index (χ0) is 11.8. The summed E-state index contributed by atoms with van der Waals surface area (Å²) in [5.41, 5.74) is 1.34. The molecule has 0 amide bonds. The minimum absolute atomic E-state index is 0.312. The van der Waals surface area contributed by atoms with Gasteiger partial charge in [0, 0.05) is 16.5 Å². The molecule has 0 fully saturated rings. The fourth-order valence-electron chi connectivity index (χ4n) is 1.14. The van der Waals surface area contributed by atoms with Crippen LogP contribution < -0.4 is 0 Å². The van der Waals surface area contributed by atoms with Gasteiger partial charge in [0.2, 0.25) is 0 Å². The van der Waals surface area contributed by atoms with E-state index < -0.39 is 7.60 Å². The number of thiazole rings is 2. The number of aromatic nitrogens is 2. The molecule has 16 heavy (non-hydrogen) atoms. The third kappa shape index (κ3) is 2.96. The van der Waals surface area contributed by atoms with Gasteiger partial charge >= 0.3 is 7.60 Å². The summed E-state index contributed by atoms with van der Waals surface area (Å²) in [6.07, 6.45) is -0.312. The molecule has 2 rings (SSSR count). The molecule has 2 heterocycles. The van der Waals surface area contributed by atoms with E-state index in [9.17, 15) is 4.57 Å². The summed E-state index contributed by atoms with van der Waals surface area (Å²) < 4.78 is 10.8. The van der Waals surface area contributed by atoms with Crippen molar-refractivity contribution in [2.24, 2.45) is 0 Å².